The molecule has 1 aromatic carbocycles. The van der Waals surface area contributed by atoms with Crippen molar-refractivity contribution < 1.29 is 17.9 Å². The molecule has 0 unspecified atom stereocenters. The molecule has 106 valence electrons. The topological polar surface area (TPSA) is 64.6 Å². The van der Waals surface area contributed by atoms with E-state index in [2.05, 4.69) is 4.72 Å². The molecule has 6 heteroatoms. The fourth-order valence-corrected chi connectivity index (χ4v) is 3.35. The maximum absolute atomic E-state index is 12.2. The van der Waals surface area contributed by atoms with Gasteiger partial charge in [0.2, 0.25) is 10.0 Å². The first-order chi connectivity index (χ1) is 9.06. The largest absolute Gasteiger partial charge is 0.486 e. The highest BCUT2D eigenvalue weighted by Crippen LogP contribution is 2.32. The maximum atomic E-state index is 12.2. The molecule has 0 aliphatic carbocycles. The van der Waals surface area contributed by atoms with Crippen molar-refractivity contribution in [3.05, 3.63) is 18.2 Å². The number of hydrogen-bond acceptors (Lipinski definition) is 4. The second kappa shape index (κ2) is 5.79. The Bertz CT molecular complexity index is 538. The second-order valence-electron chi connectivity index (χ2n) is 4.44. The molecule has 19 heavy (non-hydrogen) atoms. The number of rotatable bonds is 5. The van der Waals surface area contributed by atoms with Gasteiger partial charge in [0.25, 0.3) is 0 Å². The minimum absolute atomic E-state index is 0.0433. The van der Waals surface area contributed by atoms with E-state index in [9.17, 15) is 8.42 Å². The zero-order valence-electron chi connectivity index (χ0n) is 11.2. The molecule has 0 radical (unpaired) electrons. The van der Waals surface area contributed by atoms with Crippen LogP contribution >= 0.6 is 0 Å². The molecule has 1 N–H and O–H groups in total. The summed E-state index contributed by atoms with van der Waals surface area (Å²) in [6.07, 6.45) is 1.53. The monoisotopic (exact) mass is 285 g/mol. The molecular formula is C13H19NO4S. The van der Waals surface area contributed by atoms with Gasteiger partial charge in [0.1, 0.15) is 13.2 Å². The van der Waals surface area contributed by atoms with E-state index < -0.39 is 10.0 Å². The van der Waals surface area contributed by atoms with Crippen LogP contribution in [0.3, 0.4) is 0 Å². The molecule has 0 amide bonds. The quantitative estimate of drug-likeness (QED) is 0.897. The fraction of sp³-hybridized carbons (Fsp3) is 0.538. The highest BCUT2D eigenvalue weighted by molar-refractivity contribution is 7.89. The molecule has 1 aliphatic rings. The van der Waals surface area contributed by atoms with Crippen molar-refractivity contribution in [3.8, 4) is 11.5 Å². The van der Waals surface area contributed by atoms with Crippen LogP contribution in [0.5, 0.6) is 11.5 Å². The lowest BCUT2D eigenvalue weighted by atomic mass is 10.2. The van der Waals surface area contributed by atoms with Gasteiger partial charge in [0.05, 0.1) is 4.90 Å². The lowest BCUT2D eigenvalue weighted by molar-refractivity contribution is 0.171. The van der Waals surface area contributed by atoms with Gasteiger partial charge in [-0.05, 0) is 25.0 Å². The molecule has 0 fully saturated rings. The van der Waals surface area contributed by atoms with Gasteiger partial charge in [0.15, 0.2) is 11.5 Å². The third-order valence-electron chi connectivity index (χ3n) is 3.13. The van der Waals surface area contributed by atoms with Gasteiger partial charge in [0, 0.05) is 12.1 Å². The Morgan fingerprint density at radius 3 is 2.42 bits per heavy atom. The van der Waals surface area contributed by atoms with Crippen LogP contribution < -0.4 is 14.2 Å². The Morgan fingerprint density at radius 2 is 1.79 bits per heavy atom. The maximum Gasteiger partial charge on any atom is 0.240 e. The van der Waals surface area contributed by atoms with Crippen molar-refractivity contribution in [2.45, 2.75) is 37.6 Å². The lowest BCUT2D eigenvalue weighted by Gasteiger charge is -2.20. The van der Waals surface area contributed by atoms with Crippen molar-refractivity contribution >= 4 is 10.0 Å². The van der Waals surface area contributed by atoms with Gasteiger partial charge in [-0.25, -0.2) is 13.1 Å². The van der Waals surface area contributed by atoms with E-state index in [0.717, 1.165) is 12.8 Å². The van der Waals surface area contributed by atoms with Crippen LogP contribution in [0.25, 0.3) is 0 Å². The fourth-order valence-electron chi connectivity index (χ4n) is 1.93. The zero-order chi connectivity index (χ0) is 13.9. The number of nitrogens with one attached hydrogen (secondary N) is 1. The highest BCUT2D eigenvalue weighted by atomic mass is 32.2. The standard InChI is InChI=1S/C13H19NO4S/c1-3-10(4-2)14-19(15,16)11-5-6-12-13(9-11)18-8-7-17-12/h5-6,9-10,14H,3-4,7-8H2,1-2H3. The van der Waals surface area contributed by atoms with Crippen LogP contribution in [0.4, 0.5) is 0 Å². The number of ether oxygens (including phenoxy) is 2. The second-order valence-corrected chi connectivity index (χ2v) is 6.15. The van der Waals surface area contributed by atoms with Crippen molar-refractivity contribution in [2.24, 2.45) is 0 Å². The molecular weight excluding hydrogens is 266 g/mol. The molecule has 0 spiro atoms. The third kappa shape index (κ3) is 3.19. The summed E-state index contributed by atoms with van der Waals surface area (Å²) in [4.78, 5) is 0.212. The van der Waals surface area contributed by atoms with E-state index in [1.165, 1.54) is 12.1 Å². The van der Waals surface area contributed by atoms with Gasteiger partial charge in [-0.3, -0.25) is 0 Å². The van der Waals surface area contributed by atoms with Crippen LogP contribution in [0.15, 0.2) is 23.1 Å². The molecule has 0 saturated carbocycles. The average Bonchev–Trinajstić information content (AvgIpc) is 2.44. The first-order valence-electron chi connectivity index (χ1n) is 6.48. The van der Waals surface area contributed by atoms with Crippen LogP contribution in [-0.4, -0.2) is 27.7 Å². The zero-order valence-corrected chi connectivity index (χ0v) is 12.0. The van der Waals surface area contributed by atoms with Crippen molar-refractivity contribution in [3.63, 3.8) is 0 Å². The molecule has 2 rings (SSSR count). The van der Waals surface area contributed by atoms with Gasteiger partial charge in [-0.2, -0.15) is 0 Å². The number of sulfonamides is 1. The highest BCUT2D eigenvalue weighted by Gasteiger charge is 2.21. The van der Waals surface area contributed by atoms with E-state index in [4.69, 9.17) is 9.47 Å². The summed E-state index contributed by atoms with van der Waals surface area (Å²) in [6.45, 7) is 4.85. The van der Waals surface area contributed by atoms with Crippen LogP contribution in [-0.2, 0) is 10.0 Å². The Labute approximate surface area is 114 Å². The molecule has 5 nitrogen and oxygen atoms in total. The number of hydrogen-bond donors (Lipinski definition) is 1. The van der Waals surface area contributed by atoms with E-state index in [-0.39, 0.29) is 10.9 Å². The smallest absolute Gasteiger partial charge is 0.240 e. The summed E-state index contributed by atoms with van der Waals surface area (Å²) in [5.41, 5.74) is 0. The summed E-state index contributed by atoms with van der Waals surface area (Å²) < 4.78 is 37.9. The summed E-state index contributed by atoms with van der Waals surface area (Å²) in [5.74, 6) is 1.08. The van der Waals surface area contributed by atoms with E-state index in [1.807, 2.05) is 13.8 Å². The normalized spacial score (nSPS) is 14.7. The predicted molar refractivity (Wildman–Crippen MR) is 72.1 cm³/mol. The Kier molecular flexibility index (Phi) is 4.31. The molecule has 0 bridgehead atoms. The van der Waals surface area contributed by atoms with Gasteiger partial charge < -0.3 is 9.47 Å². The Balaban J connectivity index is 2.25. The molecule has 0 atom stereocenters. The first kappa shape index (κ1) is 14.1. The number of benzene rings is 1. The Hall–Kier alpha value is -1.27. The molecule has 0 aromatic heterocycles. The van der Waals surface area contributed by atoms with E-state index >= 15 is 0 Å². The minimum Gasteiger partial charge on any atom is -0.486 e. The van der Waals surface area contributed by atoms with Crippen molar-refractivity contribution in [1.82, 2.24) is 4.72 Å². The molecule has 1 aromatic rings. The SMILES string of the molecule is CCC(CC)NS(=O)(=O)c1ccc2c(c1)OCCO2. The molecule has 1 aliphatic heterocycles. The summed E-state index contributed by atoms with van der Waals surface area (Å²) in [5, 5.41) is 0. The van der Waals surface area contributed by atoms with Gasteiger partial charge in [-0.1, -0.05) is 13.8 Å². The third-order valence-corrected chi connectivity index (χ3v) is 4.65. The van der Waals surface area contributed by atoms with Crippen LogP contribution in [0.1, 0.15) is 26.7 Å². The lowest BCUT2D eigenvalue weighted by Crippen LogP contribution is -2.33. The minimum atomic E-state index is -3.50. The molecule has 0 saturated heterocycles. The first-order valence-corrected chi connectivity index (χ1v) is 7.97. The summed E-state index contributed by atoms with van der Waals surface area (Å²) in [7, 11) is -3.50. The molecule has 1 heterocycles. The van der Waals surface area contributed by atoms with Crippen LogP contribution in [0.2, 0.25) is 0 Å². The van der Waals surface area contributed by atoms with Crippen molar-refractivity contribution in [1.29, 1.82) is 0 Å². The summed E-state index contributed by atoms with van der Waals surface area (Å²) in [6, 6.07) is 4.64. The predicted octanol–water partition coefficient (Wildman–Crippen LogP) is 1.92. The van der Waals surface area contributed by atoms with E-state index in [1.54, 1.807) is 6.07 Å². The summed E-state index contributed by atoms with van der Waals surface area (Å²) >= 11 is 0. The van der Waals surface area contributed by atoms with Gasteiger partial charge >= 0.3 is 0 Å². The number of fused-ring (bicyclic) bond motifs is 1. The van der Waals surface area contributed by atoms with Crippen LogP contribution in [0, 0.1) is 0 Å². The Morgan fingerprint density at radius 1 is 1.16 bits per heavy atom. The average molecular weight is 285 g/mol. The van der Waals surface area contributed by atoms with Crippen molar-refractivity contribution in [2.75, 3.05) is 13.2 Å². The van der Waals surface area contributed by atoms with E-state index in [0.29, 0.717) is 24.7 Å². The van der Waals surface area contributed by atoms with Gasteiger partial charge in [-0.15, -0.1) is 0 Å².